The maximum absolute atomic E-state index is 10.7. The molecule has 0 aromatic heterocycles. The van der Waals surface area contributed by atoms with Crippen LogP contribution in [0.5, 0.6) is 0 Å². The molecule has 64 valence electrons. The number of rotatable bonds is 2. The van der Waals surface area contributed by atoms with Gasteiger partial charge in [-0.3, -0.25) is 15.2 Å². The smallest absolute Gasteiger partial charge is 0.265 e. The summed E-state index contributed by atoms with van der Waals surface area (Å²) in [4.78, 5) is 10.7. The Morgan fingerprint density at radius 2 is 1.91 bits per heavy atom. The van der Waals surface area contributed by atoms with Gasteiger partial charge in [-0.15, -0.1) is 0 Å². The largest absolute Gasteiger partial charge is 0.298 e. The Labute approximate surface area is 65.7 Å². The van der Waals surface area contributed by atoms with Gasteiger partial charge in [0, 0.05) is 5.57 Å². The Kier molecular flexibility index (Phi) is 3.78. The van der Waals surface area contributed by atoms with Crippen LogP contribution in [0.1, 0.15) is 20.8 Å². The average molecular weight is 159 g/mol. The van der Waals surface area contributed by atoms with Crippen LogP contribution in [0.4, 0.5) is 0 Å². The van der Waals surface area contributed by atoms with Crippen LogP contribution in [0.15, 0.2) is 11.6 Å². The van der Waals surface area contributed by atoms with E-state index in [1.807, 2.05) is 13.8 Å². The van der Waals surface area contributed by atoms with Crippen LogP contribution in [-0.4, -0.2) is 21.5 Å². The maximum atomic E-state index is 10.7. The second kappa shape index (κ2) is 4.10. The second-order valence-electron chi connectivity index (χ2n) is 2.69. The third kappa shape index (κ3) is 3.75. The summed E-state index contributed by atoms with van der Waals surface area (Å²) >= 11 is 0. The first kappa shape index (κ1) is 10.1. The van der Waals surface area contributed by atoms with E-state index in [2.05, 4.69) is 0 Å². The van der Waals surface area contributed by atoms with E-state index in [1.54, 1.807) is 6.08 Å². The maximum Gasteiger partial charge on any atom is 0.298 e. The van der Waals surface area contributed by atoms with Crippen LogP contribution in [0, 0.1) is 5.92 Å². The van der Waals surface area contributed by atoms with Crippen molar-refractivity contribution in [3.8, 4) is 0 Å². The molecule has 0 fully saturated rings. The lowest BCUT2D eigenvalue weighted by Gasteiger charge is -2.06. The molecule has 2 N–H and O–H groups in total. The van der Waals surface area contributed by atoms with Crippen LogP contribution in [0.3, 0.4) is 0 Å². The molecule has 1 amide bonds. The van der Waals surface area contributed by atoms with Gasteiger partial charge in [-0.05, 0) is 12.8 Å². The van der Waals surface area contributed by atoms with Gasteiger partial charge >= 0.3 is 0 Å². The van der Waals surface area contributed by atoms with Gasteiger partial charge < -0.3 is 0 Å². The molecule has 0 aliphatic heterocycles. The number of nitrogens with zero attached hydrogens (tertiary/aromatic N) is 1. The van der Waals surface area contributed by atoms with E-state index in [0.29, 0.717) is 5.57 Å². The van der Waals surface area contributed by atoms with Crippen molar-refractivity contribution in [3.05, 3.63) is 11.6 Å². The molecule has 0 radical (unpaired) electrons. The van der Waals surface area contributed by atoms with Crippen LogP contribution in [0.25, 0.3) is 0 Å². The minimum atomic E-state index is -0.793. The Balaban J connectivity index is 4.24. The van der Waals surface area contributed by atoms with E-state index in [4.69, 9.17) is 10.4 Å². The van der Waals surface area contributed by atoms with Crippen LogP contribution >= 0.6 is 0 Å². The molecule has 11 heavy (non-hydrogen) atoms. The molecule has 0 spiro atoms. The molecule has 0 saturated carbocycles. The zero-order valence-corrected chi connectivity index (χ0v) is 6.90. The summed E-state index contributed by atoms with van der Waals surface area (Å²) in [6.45, 7) is 5.33. The van der Waals surface area contributed by atoms with Gasteiger partial charge in [0.1, 0.15) is 0 Å². The summed E-state index contributed by atoms with van der Waals surface area (Å²) in [5.41, 5.74) is 0.324. The van der Waals surface area contributed by atoms with E-state index in [9.17, 15) is 4.79 Å². The lowest BCUT2D eigenvalue weighted by Crippen LogP contribution is -2.24. The van der Waals surface area contributed by atoms with E-state index < -0.39 is 11.1 Å². The fourth-order valence-corrected chi connectivity index (χ4v) is 0.729. The summed E-state index contributed by atoms with van der Waals surface area (Å²) in [6, 6.07) is 0. The highest BCUT2D eigenvalue weighted by molar-refractivity contribution is 5.91. The first-order valence-electron chi connectivity index (χ1n) is 3.35. The topological polar surface area (TPSA) is 60.8 Å². The number of amides is 1. The Bertz CT molecular complexity index is 173. The van der Waals surface area contributed by atoms with E-state index in [1.165, 1.54) is 6.92 Å². The van der Waals surface area contributed by atoms with Crippen LogP contribution < -0.4 is 0 Å². The van der Waals surface area contributed by atoms with Crippen molar-refractivity contribution in [1.29, 1.82) is 0 Å². The summed E-state index contributed by atoms with van der Waals surface area (Å²) in [5.74, 6) is -0.572. The molecule has 0 unspecified atom stereocenters. The highest BCUT2D eigenvalue weighted by Gasteiger charge is 2.09. The minimum absolute atomic E-state index is 0.221. The highest BCUT2D eigenvalue weighted by Crippen LogP contribution is 2.03. The van der Waals surface area contributed by atoms with Crippen molar-refractivity contribution in [2.24, 2.45) is 5.92 Å². The average Bonchev–Trinajstić information content (AvgIpc) is 1.84. The fourth-order valence-electron chi connectivity index (χ4n) is 0.729. The number of allylic oxidation sites excluding steroid dienone is 1. The molecule has 4 heteroatoms. The number of hydroxylamine groups is 2. The predicted octanol–water partition coefficient (Wildman–Crippen LogP) is 1.20. The van der Waals surface area contributed by atoms with Gasteiger partial charge in [-0.2, -0.15) is 0 Å². The van der Waals surface area contributed by atoms with Crippen LogP contribution in [-0.2, 0) is 4.79 Å². The van der Waals surface area contributed by atoms with Crippen molar-refractivity contribution in [3.63, 3.8) is 0 Å². The van der Waals surface area contributed by atoms with Gasteiger partial charge in [0.05, 0.1) is 0 Å². The molecular formula is C7H13NO3. The number of carbonyl (C=O) groups is 1. The summed E-state index contributed by atoms with van der Waals surface area (Å²) in [7, 11) is 0. The van der Waals surface area contributed by atoms with Crippen molar-refractivity contribution < 1.29 is 15.2 Å². The SMILES string of the molecule is CC(=CC(C)C)C(=O)N(O)O. The van der Waals surface area contributed by atoms with Gasteiger partial charge in [-0.25, -0.2) is 0 Å². The molecule has 0 saturated heterocycles. The molecule has 0 aromatic rings. The molecule has 0 aromatic carbocycles. The second-order valence-corrected chi connectivity index (χ2v) is 2.69. The van der Waals surface area contributed by atoms with Gasteiger partial charge in [-0.1, -0.05) is 25.2 Å². The zero-order chi connectivity index (χ0) is 9.02. The quantitative estimate of drug-likeness (QED) is 0.361. The fraction of sp³-hybridized carbons (Fsp3) is 0.571. The molecule has 0 atom stereocenters. The van der Waals surface area contributed by atoms with Gasteiger partial charge in [0.25, 0.3) is 5.91 Å². The molecule has 0 aliphatic rings. The summed E-state index contributed by atoms with van der Waals surface area (Å²) in [6.07, 6.45) is 1.65. The first-order valence-corrected chi connectivity index (χ1v) is 3.35. The first-order chi connectivity index (χ1) is 4.95. The van der Waals surface area contributed by atoms with Crippen molar-refractivity contribution >= 4 is 5.91 Å². The zero-order valence-electron chi connectivity index (χ0n) is 6.90. The number of carbonyl (C=O) groups excluding carboxylic acids is 1. The molecule has 0 bridgehead atoms. The highest BCUT2D eigenvalue weighted by atomic mass is 16.8. The van der Waals surface area contributed by atoms with Crippen molar-refractivity contribution in [1.82, 2.24) is 5.23 Å². The minimum Gasteiger partial charge on any atom is -0.265 e. The lowest BCUT2D eigenvalue weighted by atomic mass is 10.1. The Hall–Kier alpha value is -0.870. The molecule has 0 heterocycles. The number of hydrogen-bond donors (Lipinski definition) is 2. The standard InChI is InChI=1S/C7H13NO3/c1-5(2)4-6(3)7(9)8(10)11/h4-5,10-11H,1-3H3. The van der Waals surface area contributed by atoms with E-state index >= 15 is 0 Å². The van der Waals surface area contributed by atoms with E-state index in [0.717, 1.165) is 0 Å². The third-order valence-corrected chi connectivity index (χ3v) is 1.10. The molecule has 0 rings (SSSR count). The van der Waals surface area contributed by atoms with Gasteiger partial charge in [0.15, 0.2) is 0 Å². The normalized spacial score (nSPS) is 12.0. The third-order valence-electron chi connectivity index (χ3n) is 1.10. The molecule has 4 nitrogen and oxygen atoms in total. The van der Waals surface area contributed by atoms with Gasteiger partial charge in [0.2, 0.25) is 0 Å². The van der Waals surface area contributed by atoms with Crippen molar-refractivity contribution in [2.75, 3.05) is 0 Å². The number of hydrogen-bond acceptors (Lipinski definition) is 3. The molecule has 0 aliphatic carbocycles. The van der Waals surface area contributed by atoms with Crippen LogP contribution in [0.2, 0.25) is 0 Å². The summed E-state index contributed by atoms with van der Waals surface area (Å²) < 4.78 is 0. The predicted molar refractivity (Wildman–Crippen MR) is 39.0 cm³/mol. The monoisotopic (exact) mass is 159 g/mol. The Morgan fingerprint density at radius 1 is 1.45 bits per heavy atom. The van der Waals surface area contributed by atoms with Crippen molar-refractivity contribution in [2.45, 2.75) is 20.8 Å². The Morgan fingerprint density at radius 3 is 2.18 bits per heavy atom. The summed E-state index contributed by atoms with van der Waals surface area (Å²) in [5, 5.41) is 16.2. The van der Waals surface area contributed by atoms with E-state index in [-0.39, 0.29) is 5.92 Å². The molecular weight excluding hydrogens is 146 g/mol. The lowest BCUT2D eigenvalue weighted by molar-refractivity contribution is -0.281.